The maximum atomic E-state index is 9.08. The lowest BCUT2D eigenvalue weighted by Crippen LogP contribution is -2.12. The molecule has 1 heterocycles. The van der Waals surface area contributed by atoms with Crippen molar-refractivity contribution in [2.75, 3.05) is 6.61 Å². The highest BCUT2D eigenvalue weighted by molar-refractivity contribution is 7.97. The second-order valence-electron chi connectivity index (χ2n) is 5.42. The van der Waals surface area contributed by atoms with Gasteiger partial charge in [-0.25, -0.2) is 0 Å². The van der Waals surface area contributed by atoms with E-state index in [0.29, 0.717) is 6.42 Å². The molecule has 3 aromatic carbocycles. The predicted molar refractivity (Wildman–Crippen MR) is 92.4 cm³/mol. The third-order valence-corrected chi connectivity index (χ3v) is 6.22. The first-order valence-corrected chi connectivity index (χ1v) is 8.89. The number of hydrogen-bond acceptors (Lipinski definition) is 2. The molecular weight excluding hydrogens is 304 g/mol. The summed E-state index contributed by atoms with van der Waals surface area (Å²) in [5.74, 6) is 1.88. The van der Waals surface area contributed by atoms with Crippen LogP contribution < -0.4 is 4.74 Å². The molecule has 2 nitrogen and oxygen atoms in total. The number of ether oxygens (including phenoxy) is 1. The van der Waals surface area contributed by atoms with Crippen LogP contribution in [0, 0.1) is 0 Å². The molecule has 1 aliphatic heterocycles. The van der Waals surface area contributed by atoms with Crippen molar-refractivity contribution >= 4 is 10.9 Å². The van der Waals surface area contributed by atoms with Crippen molar-refractivity contribution < 1.29 is 9.84 Å². The van der Waals surface area contributed by atoms with Gasteiger partial charge in [0.25, 0.3) is 0 Å². The minimum Gasteiger partial charge on any atom is -0.447 e. The fraction of sp³-hybridized carbons (Fsp3) is 0.100. The summed E-state index contributed by atoms with van der Waals surface area (Å²) >= 11 is 0. The van der Waals surface area contributed by atoms with Crippen LogP contribution in [0.3, 0.4) is 0 Å². The Labute approximate surface area is 138 Å². The Morgan fingerprint density at radius 3 is 1.87 bits per heavy atom. The largest absolute Gasteiger partial charge is 0.447 e. The van der Waals surface area contributed by atoms with Gasteiger partial charge >= 0.3 is 0 Å². The maximum absolute atomic E-state index is 9.08. The second kappa shape index (κ2) is 6.11. The number of para-hydroxylation sites is 2. The SMILES string of the molecule is OCCc1ccc([S+]2c3ccccc3Oc3ccccc32)cc1. The van der Waals surface area contributed by atoms with Crippen molar-refractivity contribution in [2.45, 2.75) is 21.1 Å². The molecule has 3 aromatic rings. The van der Waals surface area contributed by atoms with Crippen LogP contribution in [0.5, 0.6) is 11.5 Å². The summed E-state index contributed by atoms with van der Waals surface area (Å²) in [6.45, 7) is 0.185. The topological polar surface area (TPSA) is 29.5 Å². The molecule has 0 unspecified atom stereocenters. The number of aliphatic hydroxyl groups is 1. The van der Waals surface area contributed by atoms with Gasteiger partial charge in [0.05, 0.1) is 0 Å². The first-order valence-electron chi connectivity index (χ1n) is 7.67. The Balaban J connectivity index is 1.84. The smallest absolute Gasteiger partial charge is 0.209 e. The minimum atomic E-state index is -0.158. The molecule has 1 aliphatic rings. The molecule has 0 spiro atoms. The standard InChI is InChI=1S/C20H17O2S/c21-14-13-15-9-11-16(12-10-15)23-19-7-3-1-5-17(19)22-18-6-2-4-8-20(18)23/h1-12,21H,13-14H2/q+1. The van der Waals surface area contributed by atoms with Gasteiger partial charge in [-0.2, -0.15) is 0 Å². The third-order valence-electron chi connectivity index (χ3n) is 3.92. The predicted octanol–water partition coefficient (Wildman–Crippen LogP) is 4.42. The lowest BCUT2D eigenvalue weighted by atomic mass is 10.2. The molecule has 0 saturated heterocycles. The van der Waals surface area contributed by atoms with E-state index >= 15 is 0 Å². The Bertz CT molecular complexity index is 782. The van der Waals surface area contributed by atoms with Gasteiger partial charge in [-0.15, -0.1) is 0 Å². The van der Waals surface area contributed by atoms with E-state index in [1.165, 1.54) is 14.7 Å². The molecule has 0 aliphatic carbocycles. The van der Waals surface area contributed by atoms with Crippen molar-refractivity contribution in [3.63, 3.8) is 0 Å². The highest BCUT2D eigenvalue weighted by Gasteiger charge is 2.38. The van der Waals surface area contributed by atoms with E-state index in [-0.39, 0.29) is 17.5 Å². The van der Waals surface area contributed by atoms with Gasteiger partial charge in [0, 0.05) is 6.61 Å². The fourth-order valence-corrected chi connectivity index (χ4v) is 5.02. The average Bonchev–Trinajstić information content (AvgIpc) is 2.61. The third kappa shape index (κ3) is 2.62. The molecule has 4 rings (SSSR count). The lowest BCUT2D eigenvalue weighted by Gasteiger charge is -2.19. The van der Waals surface area contributed by atoms with E-state index in [4.69, 9.17) is 9.84 Å². The zero-order chi connectivity index (χ0) is 15.6. The van der Waals surface area contributed by atoms with Crippen LogP contribution in [-0.2, 0) is 17.3 Å². The van der Waals surface area contributed by atoms with Crippen molar-refractivity contribution in [2.24, 2.45) is 0 Å². The van der Waals surface area contributed by atoms with E-state index in [2.05, 4.69) is 48.5 Å². The maximum Gasteiger partial charge on any atom is 0.209 e. The summed E-state index contributed by atoms with van der Waals surface area (Å²) in [4.78, 5) is 3.72. The molecular formula is C20H17O2S+. The Kier molecular flexibility index (Phi) is 3.82. The normalized spacial score (nSPS) is 13.1. The van der Waals surface area contributed by atoms with Gasteiger partial charge in [-0.05, 0) is 48.4 Å². The van der Waals surface area contributed by atoms with Gasteiger partial charge < -0.3 is 9.84 Å². The van der Waals surface area contributed by atoms with Gasteiger partial charge in [0.15, 0.2) is 16.4 Å². The number of benzene rings is 3. The minimum absolute atomic E-state index is 0.158. The van der Waals surface area contributed by atoms with Crippen LogP contribution in [0.1, 0.15) is 5.56 Å². The lowest BCUT2D eigenvalue weighted by molar-refractivity contribution is 0.299. The summed E-state index contributed by atoms with van der Waals surface area (Å²) in [5, 5.41) is 9.08. The molecule has 0 radical (unpaired) electrons. The average molecular weight is 321 g/mol. The molecule has 23 heavy (non-hydrogen) atoms. The summed E-state index contributed by atoms with van der Waals surface area (Å²) in [7, 11) is -0.158. The number of aliphatic hydroxyl groups excluding tert-OH is 1. The van der Waals surface area contributed by atoms with E-state index in [9.17, 15) is 0 Å². The summed E-state index contributed by atoms with van der Waals surface area (Å²) in [6, 6.07) is 25.1. The van der Waals surface area contributed by atoms with E-state index in [1.54, 1.807) is 0 Å². The highest BCUT2D eigenvalue weighted by atomic mass is 32.2. The van der Waals surface area contributed by atoms with Crippen LogP contribution in [0.4, 0.5) is 0 Å². The molecule has 0 amide bonds. The van der Waals surface area contributed by atoms with E-state index in [1.807, 2.05) is 24.3 Å². The van der Waals surface area contributed by atoms with E-state index in [0.717, 1.165) is 17.1 Å². The molecule has 0 saturated carbocycles. The number of fused-ring (bicyclic) bond motifs is 2. The summed E-state index contributed by atoms with van der Waals surface area (Å²) in [5.41, 5.74) is 1.16. The van der Waals surface area contributed by atoms with Gasteiger partial charge in [0.2, 0.25) is 9.79 Å². The first-order chi connectivity index (χ1) is 11.4. The Morgan fingerprint density at radius 2 is 1.30 bits per heavy atom. The van der Waals surface area contributed by atoms with Crippen molar-refractivity contribution in [1.29, 1.82) is 0 Å². The first kappa shape index (κ1) is 14.4. The van der Waals surface area contributed by atoms with Crippen molar-refractivity contribution in [3.05, 3.63) is 78.4 Å². The van der Waals surface area contributed by atoms with Crippen molar-refractivity contribution in [3.8, 4) is 11.5 Å². The van der Waals surface area contributed by atoms with Crippen molar-refractivity contribution in [1.82, 2.24) is 0 Å². The highest BCUT2D eigenvalue weighted by Crippen LogP contribution is 2.46. The van der Waals surface area contributed by atoms with Gasteiger partial charge in [-0.1, -0.05) is 36.4 Å². The van der Waals surface area contributed by atoms with Crippen LogP contribution in [0.25, 0.3) is 0 Å². The molecule has 114 valence electrons. The summed E-state index contributed by atoms with van der Waals surface area (Å²) in [6.07, 6.45) is 0.699. The molecule has 0 aromatic heterocycles. The molecule has 0 fully saturated rings. The van der Waals surface area contributed by atoms with Crippen LogP contribution in [0.15, 0.2) is 87.5 Å². The zero-order valence-corrected chi connectivity index (χ0v) is 13.4. The Hall–Kier alpha value is -2.23. The summed E-state index contributed by atoms with van der Waals surface area (Å²) < 4.78 is 6.07. The van der Waals surface area contributed by atoms with Crippen LogP contribution in [-0.4, -0.2) is 11.7 Å². The van der Waals surface area contributed by atoms with Crippen LogP contribution in [0.2, 0.25) is 0 Å². The second-order valence-corrected chi connectivity index (χ2v) is 7.38. The van der Waals surface area contributed by atoms with Gasteiger partial charge in [0.1, 0.15) is 10.9 Å². The molecule has 1 N–H and O–H groups in total. The van der Waals surface area contributed by atoms with Crippen LogP contribution >= 0.6 is 0 Å². The molecule has 0 atom stereocenters. The number of rotatable bonds is 3. The fourth-order valence-electron chi connectivity index (χ4n) is 2.82. The molecule has 3 heteroatoms. The zero-order valence-electron chi connectivity index (χ0n) is 12.6. The molecule has 0 bridgehead atoms. The quantitative estimate of drug-likeness (QED) is 0.566. The Morgan fingerprint density at radius 1 is 0.739 bits per heavy atom. The van der Waals surface area contributed by atoms with Gasteiger partial charge in [-0.3, -0.25) is 0 Å². The monoisotopic (exact) mass is 321 g/mol. The van der Waals surface area contributed by atoms with E-state index < -0.39 is 0 Å². The number of hydrogen-bond donors (Lipinski definition) is 1.